The first-order valence-electron chi connectivity index (χ1n) is 5.13. The van der Waals surface area contributed by atoms with Crippen LogP contribution in [0.1, 0.15) is 25.8 Å². The third-order valence-corrected chi connectivity index (χ3v) is 2.77. The summed E-state index contributed by atoms with van der Waals surface area (Å²) >= 11 is 0. The van der Waals surface area contributed by atoms with Crippen molar-refractivity contribution in [1.29, 1.82) is 0 Å². The number of rotatable bonds is 1. The Balaban J connectivity index is 2.37. The van der Waals surface area contributed by atoms with Crippen LogP contribution in [0.15, 0.2) is 18.0 Å². The average Bonchev–Trinajstić information content (AvgIpc) is 2.17. The van der Waals surface area contributed by atoms with Gasteiger partial charge in [-0.15, -0.1) is 0 Å². The minimum absolute atomic E-state index is 0.626. The number of hydrogen-bond acceptors (Lipinski definition) is 1. The minimum atomic E-state index is 0.626. The zero-order valence-electron chi connectivity index (χ0n) is 8.46. The van der Waals surface area contributed by atoms with E-state index < -0.39 is 0 Å². The van der Waals surface area contributed by atoms with E-state index in [0.29, 0.717) is 6.04 Å². The van der Waals surface area contributed by atoms with Crippen molar-refractivity contribution in [1.82, 2.24) is 0 Å². The van der Waals surface area contributed by atoms with Gasteiger partial charge in [0, 0.05) is 0 Å². The number of fused-ring (bicyclic) bond motifs is 1. The molecule has 0 aromatic carbocycles. The SMILES string of the molecule is CC(C)N1CCCc2ccbcc21. The Bertz CT molecular complexity index is 296. The number of anilines is 1. The molecule has 68 valence electrons. The molecule has 0 amide bonds. The van der Waals surface area contributed by atoms with Crippen molar-refractivity contribution in [2.45, 2.75) is 32.7 Å². The van der Waals surface area contributed by atoms with Gasteiger partial charge in [0.2, 0.25) is 0 Å². The fourth-order valence-electron chi connectivity index (χ4n) is 2.10. The van der Waals surface area contributed by atoms with Gasteiger partial charge in [0.05, 0.1) is 0 Å². The predicted molar refractivity (Wildman–Crippen MR) is 58.6 cm³/mol. The monoisotopic (exact) mass is 173 g/mol. The van der Waals surface area contributed by atoms with Crippen LogP contribution in [0.2, 0.25) is 0 Å². The molecule has 0 saturated carbocycles. The Hall–Kier alpha value is -0.785. The Morgan fingerprint density at radius 3 is 3.08 bits per heavy atom. The van der Waals surface area contributed by atoms with Gasteiger partial charge in [0.15, 0.2) is 0 Å². The van der Waals surface area contributed by atoms with Gasteiger partial charge >= 0.3 is 80.3 Å². The van der Waals surface area contributed by atoms with Gasteiger partial charge in [-0.2, -0.15) is 0 Å². The summed E-state index contributed by atoms with van der Waals surface area (Å²) in [5.41, 5.74) is 2.96. The molecule has 2 heteroatoms. The molecule has 1 aliphatic heterocycles. The van der Waals surface area contributed by atoms with Gasteiger partial charge in [-0.1, -0.05) is 0 Å². The predicted octanol–water partition coefficient (Wildman–Crippen LogP) is 2.19. The van der Waals surface area contributed by atoms with Crippen LogP contribution in [0.25, 0.3) is 0 Å². The van der Waals surface area contributed by atoms with E-state index >= 15 is 0 Å². The first kappa shape index (κ1) is 8.80. The van der Waals surface area contributed by atoms with E-state index in [1.807, 2.05) is 0 Å². The molecule has 2 rings (SSSR count). The Labute approximate surface area is 81.0 Å². The zero-order chi connectivity index (χ0) is 9.26. The van der Waals surface area contributed by atoms with Crippen LogP contribution in [-0.2, 0) is 6.42 Å². The molecule has 0 fully saturated rings. The van der Waals surface area contributed by atoms with Crippen LogP contribution in [0, 0.1) is 0 Å². The van der Waals surface area contributed by atoms with Crippen LogP contribution in [-0.4, -0.2) is 19.5 Å². The second kappa shape index (κ2) is 3.53. The molecule has 0 unspecified atom stereocenters. The number of nitrogens with zero attached hydrogens (tertiary/aromatic N) is 1. The average molecular weight is 173 g/mol. The number of hydrogen-bond donors (Lipinski definition) is 0. The standard InChI is InChI=1S/C11H16BN/c1-9(2)13-7-3-4-10-5-6-12-8-11(10)13/h5-6,8-9H,3-4,7H2,1-2H3. The Kier molecular flexibility index (Phi) is 2.39. The maximum atomic E-state index is 2.50. The van der Waals surface area contributed by atoms with E-state index in [2.05, 4.69) is 43.6 Å². The van der Waals surface area contributed by atoms with Gasteiger partial charge < -0.3 is 0 Å². The first-order chi connectivity index (χ1) is 6.29. The molecule has 1 aromatic heterocycles. The van der Waals surface area contributed by atoms with Crippen molar-refractivity contribution in [2.24, 2.45) is 0 Å². The summed E-state index contributed by atoms with van der Waals surface area (Å²) in [7, 11) is 0. The third kappa shape index (κ3) is 1.62. The summed E-state index contributed by atoms with van der Waals surface area (Å²) in [5.74, 6) is 4.39. The topological polar surface area (TPSA) is 3.24 Å². The summed E-state index contributed by atoms with van der Waals surface area (Å²) in [5, 5.41) is 0. The van der Waals surface area contributed by atoms with Crippen LogP contribution in [0.5, 0.6) is 0 Å². The Morgan fingerprint density at radius 1 is 1.46 bits per heavy atom. The van der Waals surface area contributed by atoms with Crippen molar-refractivity contribution in [3.63, 3.8) is 0 Å². The van der Waals surface area contributed by atoms with Crippen molar-refractivity contribution in [3.05, 3.63) is 23.6 Å². The van der Waals surface area contributed by atoms with Gasteiger partial charge in [0.25, 0.3) is 0 Å². The molecule has 1 nitrogen and oxygen atoms in total. The molecule has 0 radical (unpaired) electrons. The van der Waals surface area contributed by atoms with Crippen LogP contribution in [0.3, 0.4) is 0 Å². The summed E-state index contributed by atoms with van der Waals surface area (Å²) in [4.78, 5) is 2.50. The van der Waals surface area contributed by atoms with Gasteiger partial charge in [0.1, 0.15) is 0 Å². The van der Waals surface area contributed by atoms with E-state index in [4.69, 9.17) is 0 Å². The molecule has 0 atom stereocenters. The van der Waals surface area contributed by atoms with Crippen LogP contribution in [0.4, 0.5) is 5.69 Å². The molecule has 0 N–H and O–H groups in total. The van der Waals surface area contributed by atoms with Crippen molar-refractivity contribution in [3.8, 4) is 0 Å². The molecule has 0 aliphatic carbocycles. The zero-order valence-corrected chi connectivity index (χ0v) is 8.46. The summed E-state index contributed by atoms with van der Waals surface area (Å²) in [6.07, 6.45) is 2.55. The fraction of sp³-hybridized carbons (Fsp3) is 0.545. The van der Waals surface area contributed by atoms with Gasteiger partial charge in [-0.25, -0.2) is 0 Å². The molecule has 13 heavy (non-hydrogen) atoms. The van der Waals surface area contributed by atoms with Gasteiger partial charge in [-0.3, -0.25) is 0 Å². The second-order valence-electron chi connectivity index (χ2n) is 4.02. The molecule has 0 bridgehead atoms. The van der Waals surface area contributed by atoms with Crippen molar-refractivity contribution in [2.75, 3.05) is 11.4 Å². The second-order valence-corrected chi connectivity index (χ2v) is 4.02. The summed E-state index contributed by atoms with van der Waals surface area (Å²) < 4.78 is 0. The maximum absolute atomic E-state index is 2.50. The molecular formula is C11H16BN. The fourth-order valence-corrected chi connectivity index (χ4v) is 2.10. The van der Waals surface area contributed by atoms with Crippen molar-refractivity contribution < 1.29 is 0 Å². The van der Waals surface area contributed by atoms with Gasteiger partial charge in [-0.05, 0) is 0 Å². The van der Waals surface area contributed by atoms with Crippen LogP contribution < -0.4 is 4.90 Å². The van der Waals surface area contributed by atoms with E-state index in [-0.39, 0.29) is 0 Å². The summed E-state index contributed by atoms with van der Waals surface area (Å²) in [6, 6.07) is 2.88. The molecule has 1 aromatic rings. The first-order valence-corrected chi connectivity index (χ1v) is 5.13. The molecule has 0 saturated heterocycles. The Morgan fingerprint density at radius 2 is 2.31 bits per heavy atom. The quantitative estimate of drug-likeness (QED) is 0.629. The van der Waals surface area contributed by atoms with E-state index in [1.165, 1.54) is 30.6 Å². The summed E-state index contributed by atoms with van der Waals surface area (Å²) in [6.45, 7) is 7.89. The molecule has 1 aliphatic rings. The third-order valence-electron chi connectivity index (χ3n) is 2.77. The van der Waals surface area contributed by atoms with Crippen LogP contribution >= 0.6 is 0 Å². The normalized spacial score (nSPS) is 15.8. The van der Waals surface area contributed by atoms with E-state index in [1.54, 1.807) is 0 Å². The van der Waals surface area contributed by atoms with Crippen molar-refractivity contribution >= 4 is 12.6 Å². The molecule has 0 spiro atoms. The van der Waals surface area contributed by atoms with E-state index in [9.17, 15) is 0 Å². The molecule has 2 heterocycles. The number of aryl methyl sites for hydroxylation is 1. The molecular weight excluding hydrogens is 157 g/mol. The van der Waals surface area contributed by atoms with E-state index in [0.717, 1.165) is 0 Å².